The molecule has 2 bridgehead atoms. The third-order valence-corrected chi connectivity index (χ3v) is 6.26. The van der Waals surface area contributed by atoms with Gasteiger partial charge in [-0.3, -0.25) is 9.59 Å². The average molecular weight is 282 g/mol. The maximum atomic E-state index is 12.4. The molecular formula is C14H22N2O2S. The van der Waals surface area contributed by atoms with E-state index in [1.807, 2.05) is 37.4 Å². The van der Waals surface area contributed by atoms with Crippen molar-refractivity contribution in [2.75, 3.05) is 25.4 Å². The van der Waals surface area contributed by atoms with Crippen LogP contribution < -0.4 is 0 Å². The molecule has 3 aliphatic heterocycles. The van der Waals surface area contributed by atoms with Crippen LogP contribution in [0.2, 0.25) is 0 Å². The van der Waals surface area contributed by atoms with Gasteiger partial charge in [0.05, 0.1) is 6.54 Å². The van der Waals surface area contributed by atoms with E-state index in [2.05, 4.69) is 4.90 Å². The van der Waals surface area contributed by atoms with Gasteiger partial charge in [0, 0.05) is 30.7 Å². The van der Waals surface area contributed by atoms with Gasteiger partial charge in [-0.15, -0.1) is 11.8 Å². The lowest BCUT2D eigenvalue weighted by molar-refractivity contribution is -0.156. The van der Waals surface area contributed by atoms with Gasteiger partial charge in [0.25, 0.3) is 0 Å². The Morgan fingerprint density at radius 1 is 1.47 bits per heavy atom. The first-order valence-corrected chi connectivity index (χ1v) is 8.17. The molecule has 0 saturated carbocycles. The molecule has 0 N–H and O–H groups in total. The Bertz CT molecular complexity index is 426. The van der Waals surface area contributed by atoms with Crippen molar-refractivity contribution >= 4 is 23.6 Å². The van der Waals surface area contributed by atoms with Gasteiger partial charge in [-0.05, 0) is 12.3 Å². The first kappa shape index (κ1) is 13.3. The fraction of sp³-hybridized carbons (Fsp3) is 0.857. The molecule has 2 amide bonds. The summed E-state index contributed by atoms with van der Waals surface area (Å²) in [6, 6.07) is 0. The summed E-state index contributed by atoms with van der Waals surface area (Å²) in [5, 5.41) is 0. The van der Waals surface area contributed by atoms with Crippen LogP contribution in [-0.2, 0) is 9.59 Å². The van der Waals surface area contributed by atoms with E-state index in [0.717, 1.165) is 31.8 Å². The van der Waals surface area contributed by atoms with Gasteiger partial charge in [0.2, 0.25) is 11.8 Å². The highest BCUT2D eigenvalue weighted by atomic mass is 32.2. The van der Waals surface area contributed by atoms with E-state index in [1.54, 1.807) is 0 Å². The lowest BCUT2D eigenvalue weighted by Gasteiger charge is -2.54. The van der Waals surface area contributed by atoms with Crippen LogP contribution >= 0.6 is 11.8 Å². The molecule has 3 saturated heterocycles. The number of carbonyl (C=O) groups excluding carboxylic acids is 2. The zero-order valence-electron chi connectivity index (χ0n) is 11.9. The van der Waals surface area contributed by atoms with E-state index < -0.39 is 0 Å². The molecule has 3 fully saturated rings. The summed E-state index contributed by atoms with van der Waals surface area (Å²) in [4.78, 5) is 28.7. The second-order valence-electron chi connectivity index (χ2n) is 6.41. The minimum Gasteiger partial charge on any atom is -0.339 e. The van der Waals surface area contributed by atoms with Crippen LogP contribution in [0.4, 0.5) is 0 Å². The molecule has 3 rings (SSSR count). The molecule has 0 aromatic heterocycles. The zero-order valence-corrected chi connectivity index (χ0v) is 12.7. The monoisotopic (exact) mass is 282 g/mol. The summed E-state index contributed by atoms with van der Waals surface area (Å²) in [5.74, 6) is 1.99. The van der Waals surface area contributed by atoms with Crippen molar-refractivity contribution in [2.24, 2.45) is 17.8 Å². The summed E-state index contributed by atoms with van der Waals surface area (Å²) >= 11 is 1.88. The Labute approximate surface area is 118 Å². The number of thioether (sulfide) groups is 1. The minimum atomic E-state index is -0.114. The number of hydrogen-bond donors (Lipinski definition) is 0. The Morgan fingerprint density at radius 3 is 2.89 bits per heavy atom. The number of carbonyl (C=O) groups is 2. The number of fused-ring (bicyclic) bond motifs is 1. The van der Waals surface area contributed by atoms with E-state index in [1.165, 1.54) is 0 Å². The van der Waals surface area contributed by atoms with E-state index in [9.17, 15) is 9.59 Å². The van der Waals surface area contributed by atoms with Crippen molar-refractivity contribution in [3.63, 3.8) is 0 Å². The van der Waals surface area contributed by atoms with E-state index in [-0.39, 0.29) is 22.6 Å². The highest BCUT2D eigenvalue weighted by molar-refractivity contribution is 8.00. The quantitative estimate of drug-likeness (QED) is 0.730. The van der Waals surface area contributed by atoms with Crippen molar-refractivity contribution in [1.82, 2.24) is 9.80 Å². The van der Waals surface area contributed by atoms with Crippen LogP contribution in [0.25, 0.3) is 0 Å². The van der Waals surface area contributed by atoms with Gasteiger partial charge in [0.15, 0.2) is 0 Å². The summed E-state index contributed by atoms with van der Waals surface area (Å²) in [7, 11) is 0. The molecule has 4 nitrogen and oxygen atoms in total. The molecule has 5 heteroatoms. The number of likely N-dealkylation sites (tertiary alicyclic amines) is 1. The maximum Gasteiger partial charge on any atom is 0.226 e. The average Bonchev–Trinajstić information content (AvgIpc) is 2.77. The fourth-order valence-electron chi connectivity index (χ4n) is 3.72. The molecule has 1 spiro atoms. The summed E-state index contributed by atoms with van der Waals surface area (Å²) < 4.78 is 0. The number of nitrogens with zero attached hydrogens (tertiary/aromatic N) is 2. The standard InChI is InChI=1S/C14H22N2O2S/c1-9(2)12(17)15-7-11-6-14(8-15)16(4-5-19-14)13(18)10(11)3/h9-11H,4-8H2,1-3H3. The molecule has 0 radical (unpaired) electrons. The molecule has 3 heterocycles. The SMILES string of the molecule is CC(C)C(=O)N1CC2CC3(C1)SCCN3C(=O)C2C. The van der Waals surface area contributed by atoms with Crippen molar-refractivity contribution < 1.29 is 9.59 Å². The molecular weight excluding hydrogens is 260 g/mol. The second-order valence-corrected chi connectivity index (χ2v) is 7.87. The smallest absolute Gasteiger partial charge is 0.226 e. The van der Waals surface area contributed by atoms with Gasteiger partial charge >= 0.3 is 0 Å². The van der Waals surface area contributed by atoms with Crippen LogP contribution in [0.5, 0.6) is 0 Å². The second kappa shape index (κ2) is 4.40. The van der Waals surface area contributed by atoms with Gasteiger partial charge in [0.1, 0.15) is 4.87 Å². The normalized spacial score (nSPS) is 37.8. The lowest BCUT2D eigenvalue weighted by Crippen LogP contribution is -2.65. The maximum absolute atomic E-state index is 12.4. The van der Waals surface area contributed by atoms with Gasteiger partial charge in [-0.1, -0.05) is 20.8 Å². The summed E-state index contributed by atoms with van der Waals surface area (Å²) in [5.41, 5.74) is 0. The van der Waals surface area contributed by atoms with Crippen molar-refractivity contribution in [3.8, 4) is 0 Å². The molecule has 0 aromatic rings. The Balaban J connectivity index is 1.90. The van der Waals surface area contributed by atoms with Crippen LogP contribution in [0, 0.1) is 17.8 Å². The van der Waals surface area contributed by atoms with Crippen molar-refractivity contribution in [2.45, 2.75) is 32.1 Å². The molecule has 3 atom stereocenters. The third kappa shape index (κ3) is 1.89. The molecule has 3 unspecified atom stereocenters. The fourth-order valence-corrected chi connectivity index (χ4v) is 5.29. The predicted molar refractivity (Wildman–Crippen MR) is 75.6 cm³/mol. The van der Waals surface area contributed by atoms with Crippen LogP contribution in [-0.4, -0.2) is 51.9 Å². The van der Waals surface area contributed by atoms with Crippen LogP contribution in [0.15, 0.2) is 0 Å². The van der Waals surface area contributed by atoms with E-state index >= 15 is 0 Å². The summed E-state index contributed by atoms with van der Waals surface area (Å²) in [6.07, 6.45) is 1.06. The highest BCUT2D eigenvalue weighted by Gasteiger charge is 2.56. The van der Waals surface area contributed by atoms with Crippen molar-refractivity contribution in [3.05, 3.63) is 0 Å². The molecule has 106 valence electrons. The number of piperidine rings is 2. The predicted octanol–water partition coefficient (Wildman–Crippen LogP) is 1.41. The topological polar surface area (TPSA) is 40.6 Å². The highest BCUT2D eigenvalue weighted by Crippen LogP contribution is 2.50. The van der Waals surface area contributed by atoms with Gasteiger partial charge in [-0.2, -0.15) is 0 Å². The number of amides is 2. The number of rotatable bonds is 1. The first-order chi connectivity index (χ1) is 8.94. The van der Waals surface area contributed by atoms with Gasteiger partial charge < -0.3 is 9.80 Å². The van der Waals surface area contributed by atoms with Gasteiger partial charge in [-0.25, -0.2) is 0 Å². The Morgan fingerprint density at radius 2 is 2.21 bits per heavy atom. The lowest BCUT2D eigenvalue weighted by atomic mass is 9.78. The number of hydrogen-bond acceptors (Lipinski definition) is 3. The third-order valence-electron chi connectivity index (χ3n) is 4.82. The Hall–Kier alpha value is -0.710. The Kier molecular flexibility index (Phi) is 3.08. The van der Waals surface area contributed by atoms with Crippen molar-refractivity contribution in [1.29, 1.82) is 0 Å². The molecule has 19 heavy (non-hydrogen) atoms. The summed E-state index contributed by atoms with van der Waals surface area (Å²) in [6.45, 7) is 8.29. The zero-order chi connectivity index (χ0) is 13.8. The largest absolute Gasteiger partial charge is 0.339 e. The van der Waals surface area contributed by atoms with Crippen LogP contribution in [0.3, 0.4) is 0 Å². The van der Waals surface area contributed by atoms with E-state index in [4.69, 9.17) is 0 Å². The molecule has 3 aliphatic rings. The van der Waals surface area contributed by atoms with Crippen LogP contribution in [0.1, 0.15) is 27.2 Å². The first-order valence-electron chi connectivity index (χ1n) is 7.19. The minimum absolute atomic E-state index is 0.0427. The van der Waals surface area contributed by atoms with E-state index in [0.29, 0.717) is 11.8 Å². The molecule has 0 aliphatic carbocycles. The molecule has 0 aromatic carbocycles.